The van der Waals surface area contributed by atoms with Crippen molar-refractivity contribution in [1.29, 1.82) is 0 Å². The number of rotatable bonds is 5. The van der Waals surface area contributed by atoms with Gasteiger partial charge in [-0.05, 0) is 80.9 Å². The van der Waals surface area contributed by atoms with Crippen molar-refractivity contribution < 1.29 is 4.74 Å². The number of ether oxygens (including phenoxy) is 1. The summed E-state index contributed by atoms with van der Waals surface area (Å²) in [5.74, 6) is 1.77. The molecule has 1 saturated heterocycles. The first kappa shape index (κ1) is 14.3. The van der Waals surface area contributed by atoms with E-state index in [4.69, 9.17) is 4.74 Å². The monoisotopic (exact) mass is 284 g/mol. The molecule has 2 aromatic rings. The third-order valence-electron chi connectivity index (χ3n) is 4.50. The van der Waals surface area contributed by atoms with E-state index in [2.05, 4.69) is 22.4 Å². The van der Waals surface area contributed by atoms with Crippen molar-refractivity contribution in [2.24, 2.45) is 5.92 Å². The molecule has 0 bridgehead atoms. The number of aryl methyl sites for hydroxylation is 1. The smallest absolute Gasteiger partial charge is 0.119 e. The number of piperidine rings is 1. The SMILES string of the molecule is COc1ccc2nccc(CCCC3CCCNC3)c2c1. The van der Waals surface area contributed by atoms with Crippen molar-refractivity contribution in [3.8, 4) is 5.75 Å². The van der Waals surface area contributed by atoms with Crippen LogP contribution in [0.1, 0.15) is 31.2 Å². The Morgan fingerprint density at radius 1 is 1.33 bits per heavy atom. The highest BCUT2D eigenvalue weighted by Gasteiger charge is 2.12. The van der Waals surface area contributed by atoms with Gasteiger partial charge in [0.1, 0.15) is 5.75 Å². The molecule has 112 valence electrons. The molecule has 21 heavy (non-hydrogen) atoms. The molecule has 3 rings (SSSR count). The third-order valence-corrected chi connectivity index (χ3v) is 4.50. The summed E-state index contributed by atoms with van der Waals surface area (Å²) < 4.78 is 5.34. The van der Waals surface area contributed by atoms with Crippen molar-refractivity contribution >= 4 is 10.9 Å². The minimum Gasteiger partial charge on any atom is -0.497 e. The Labute approximate surface area is 126 Å². The zero-order valence-corrected chi connectivity index (χ0v) is 12.8. The van der Waals surface area contributed by atoms with Crippen molar-refractivity contribution in [3.63, 3.8) is 0 Å². The highest BCUT2D eigenvalue weighted by atomic mass is 16.5. The van der Waals surface area contributed by atoms with Gasteiger partial charge in [0.2, 0.25) is 0 Å². The molecule has 0 spiro atoms. The minimum absolute atomic E-state index is 0.862. The quantitative estimate of drug-likeness (QED) is 0.911. The van der Waals surface area contributed by atoms with Gasteiger partial charge in [0.05, 0.1) is 12.6 Å². The van der Waals surface area contributed by atoms with E-state index in [0.717, 1.165) is 23.6 Å². The maximum absolute atomic E-state index is 5.34. The van der Waals surface area contributed by atoms with Crippen LogP contribution in [0.15, 0.2) is 30.5 Å². The van der Waals surface area contributed by atoms with Crippen LogP contribution in [0.3, 0.4) is 0 Å². The molecule has 0 radical (unpaired) electrons. The van der Waals surface area contributed by atoms with Crippen molar-refractivity contribution in [1.82, 2.24) is 10.3 Å². The number of aromatic nitrogens is 1. The molecule has 3 nitrogen and oxygen atoms in total. The van der Waals surface area contributed by atoms with Crippen LogP contribution in [-0.4, -0.2) is 25.2 Å². The Bertz CT molecular complexity index is 591. The van der Waals surface area contributed by atoms with E-state index in [1.165, 1.54) is 49.7 Å². The van der Waals surface area contributed by atoms with E-state index >= 15 is 0 Å². The maximum Gasteiger partial charge on any atom is 0.119 e. The largest absolute Gasteiger partial charge is 0.497 e. The molecule has 0 amide bonds. The summed E-state index contributed by atoms with van der Waals surface area (Å²) in [6, 6.07) is 8.29. The molecule has 3 heteroatoms. The van der Waals surface area contributed by atoms with E-state index in [-0.39, 0.29) is 0 Å². The Morgan fingerprint density at radius 2 is 2.29 bits per heavy atom. The Hall–Kier alpha value is -1.61. The van der Waals surface area contributed by atoms with Crippen molar-refractivity contribution in [3.05, 3.63) is 36.0 Å². The van der Waals surface area contributed by atoms with Gasteiger partial charge >= 0.3 is 0 Å². The molecular weight excluding hydrogens is 260 g/mol. The molecule has 1 aromatic heterocycles. The van der Waals surface area contributed by atoms with E-state index < -0.39 is 0 Å². The van der Waals surface area contributed by atoms with Gasteiger partial charge in [0.15, 0.2) is 0 Å². The summed E-state index contributed by atoms with van der Waals surface area (Å²) in [5, 5.41) is 4.74. The fourth-order valence-corrected chi connectivity index (χ4v) is 3.28. The van der Waals surface area contributed by atoms with E-state index in [9.17, 15) is 0 Å². The molecule has 0 saturated carbocycles. The molecule has 1 unspecified atom stereocenters. The number of benzene rings is 1. The lowest BCUT2D eigenvalue weighted by atomic mass is 9.92. The number of hydrogen-bond donors (Lipinski definition) is 1. The number of fused-ring (bicyclic) bond motifs is 1. The van der Waals surface area contributed by atoms with Gasteiger partial charge in [-0.2, -0.15) is 0 Å². The zero-order chi connectivity index (χ0) is 14.5. The number of hydrogen-bond acceptors (Lipinski definition) is 3. The van der Waals surface area contributed by atoms with E-state index in [1.54, 1.807) is 7.11 Å². The van der Waals surface area contributed by atoms with Gasteiger partial charge < -0.3 is 10.1 Å². The molecular formula is C18H24N2O. The normalized spacial score (nSPS) is 18.8. The number of methoxy groups -OCH3 is 1. The first-order chi connectivity index (χ1) is 10.4. The van der Waals surface area contributed by atoms with Gasteiger partial charge in [-0.3, -0.25) is 4.98 Å². The molecule has 1 atom stereocenters. The first-order valence-corrected chi connectivity index (χ1v) is 7.99. The lowest BCUT2D eigenvalue weighted by molar-refractivity contribution is 0.351. The van der Waals surface area contributed by atoms with E-state index in [0.29, 0.717) is 0 Å². The fourth-order valence-electron chi connectivity index (χ4n) is 3.28. The van der Waals surface area contributed by atoms with Crippen LogP contribution >= 0.6 is 0 Å². The second-order valence-corrected chi connectivity index (χ2v) is 5.96. The van der Waals surface area contributed by atoms with Crippen LogP contribution in [0.4, 0.5) is 0 Å². The van der Waals surface area contributed by atoms with Gasteiger partial charge in [-0.25, -0.2) is 0 Å². The van der Waals surface area contributed by atoms with Crippen LogP contribution in [0, 0.1) is 5.92 Å². The molecule has 1 aliphatic heterocycles. The predicted octanol–water partition coefficient (Wildman–Crippen LogP) is 3.57. The zero-order valence-electron chi connectivity index (χ0n) is 12.8. The lowest BCUT2D eigenvalue weighted by Gasteiger charge is -2.22. The van der Waals surface area contributed by atoms with Gasteiger partial charge in [-0.1, -0.05) is 0 Å². The second-order valence-electron chi connectivity index (χ2n) is 5.96. The molecule has 2 heterocycles. The summed E-state index contributed by atoms with van der Waals surface area (Å²) >= 11 is 0. The summed E-state index contributed by atoms with van der Waals surface area (Å²) in [6.45, 7) is 2.40. The van der Waals surface area contributed by atoms with Crippen LogP contribution in [-0.2, 0) is 6.42 Å². The second kappa shape index (κ2) is 6.90. The van der Waals surface area contributed by atoms with Crippen LogP contribution in [0.5, 0.6) is 5.75 Å². The number of nitrogens with zero attached hydrogens (tertiary/aromatic N) is 1. The average molecular weight is 284 g/mol. The Balaban J connectivity index is 1.68. The predicted molar refractivity (Wildman–Crippen MR) is 86.8 cm³/mol. The minimum atomic E-state index is 0.862. The molecule has 1 aliphatic rings. The lowest BCUT2D eigenvalue weighted by Crippen LogP contribution is -2.29. The highest BCUT2D eigenvalue weighted by molar-refractivity contribution is 5.83. The Kier molecular flexibility index (Phi) is 4.71. The molecule has 1 fully saturated rings. The van der Waals surface area contributed by atoms with E-state index in [1.807, 2.05) is 18.3 Å². The van der Waals surface area contributed by atoms with Crippen molar-refractivity contribution in [2.75, 3.05) is 20.2 Å². The standard InChI is InChI=1S/C18H24N2O/c1-21-16-7-8-18-17(12-16)15(9-11-20-18)6-2-4-14-5-3-10-19-13-14/h7-9,11-12,14,19H,2-6,10,13H2,1H3. The molecule has 1 N–H and O–H groups in total. The number of nitrogens with one attached hydrogen (secondary N) is 1. The van der Waals surface area contributed by atoms with Crippen LogP contribution in [0.25, 0.3) is 10.9 Å². The summed E-state index contributed by atoms with van der Waals surface area (Å²) in [4.78, 5) is 4.45. The topological polar surface area (TPSA) is 34.1 Å². The average Bonchev–Trinajstić information content (AvgIpc) is 2.55. The molecule has 1 aromatic carbocycles. The first-order valence-electron chi connectivity index (χ1n) is 7.99. The van der Waals surface area contributed by atoms with Gasteiger partial charge in [0.25, 0.3) is 0 Å². The summed E-state index contributed by atoms with van der Waals surface area (Å²) in [7, 11) is 1.72. The fraction of sp³-hybridized carbons (Fsp3) is 0.500. The van der Waals surface area contributed by atoms with Gasteiger partial charge in [0, 0.05) is 11.6 Å². The Morgan fingerprint density at radius 3 is 3.10 bits per heavy atom. The third kappa shape index (κ3) is 3.53. The highest BCUT2D eigenvalue weighted by Crippen LogP contribution is 2.24. The van der Waals surface area contributed by atoms with Crippen molar-refractivity contribution in [2.45, 2.75) is 32.1 Å². The summed E-state index contributed by atoms with van der Waals surface area (Å²) in [6.07, 6.45) is 8.34. The van der Waals surface area contributed by atoms with Crippen LogP contribution in [0.2, 0.25) is 0 Å². The maximum atomic E-state index is 5.34. The van der Waals surface area contributed by atoms with Crippen LogP contribution < -0.4 is 10.1 Å². The number of pyridine rings is 1. The summed E-state index contributed by atoms with van der Waals surface area (Å²) in [5.41, 5.74) is 2.45. The molecule has 0 aliphatic carbocycles. The van der Waals surface area contributed by atoms with Gasteiger partial charge in [-0.15, -0.1) is 0 Å².